The minimum Gasteiger partial charge on any atom is -0.493 e. The van der Waals surface area contributed by atoms with Crippen LogP contribution >= 0.6 is 0 Å². The summed E-state index contributed by atoms with van der Waals surface area (Å²) < 4.78 is 31.5. The number of para-hydroxylation sites is 1. The first-order valence-electron chi connectivity index (χ1n) is 13.9. The third-order valence-electron chi connectivity index (χ3n) is 8.02. The Bertz CT molecular complexity index is 1200. The predicted octanol–water partition coefficient (Wildman–Crippen LogP) is 4.33. The Morgan fingerprint density at radius 2 is 1.74 bits per heavy atom. The number of amides is 2. The minimum atomic E-state index is -3.52. The number of piperidine rings is 1. The van der Waals surface area contributed by atoms with E-state index in [2.05, 4.69) is 11.4 Å². The van der Waals surface area contributed by atoms with E-state index in [4.69, 9.17) is 4.74 Å². The van der Waals surface area contributed by atoms with Crippen LogP contribution < -0.4 is 10.1 Å². The topological polar surface area (TPSA) is 92.8 Å². The molecule has 7 nitrogen and oxygen atoms in total. The van der Waals surface area contributed by atoms with Crippen molar-refractivity contribution in [1.29, 1.82) is 0 Å². The highest BCUT2D eigenvalue weighted by atomic mass is 32.2. The lowest BCUT2D eigenvalue weighted by Crippen LogP contribution is -2.50. The molecule has 2 aliphatic rings. The molecule has 2 aromatic carbocycles. The SMILES string of the molecule is CCc1ccc(S(=O)(=O)CCC(=O)N2CCC3(CCCCc4ccccc4OCCCNC3=O)CC2)cc1. The number of sulfone groups is 1. The summed E-state index contributed by atoms with van der Waals surface area (Å²) in [5, 5.41) is 3.12. The molecule has 206 valence electrons. The molecule has 2 aliphatic heterocycles. The third-order valence-corrected chi connectivity index (χ3v) is 9.75. The third kappa shape index (κ3) is 6.95. The standard InChI is InChI=1S/C30H40N2O5S/c1-2-24-11-13-26(14-12-24)38(35,36)23-15-28(33)32-20-17-30(18-21-32)16-6-5-9-25-8-3-4-10-27(25)37-22-7-19-31-29(30)34/h3-4,8,10-14H,2,5-7,9,15-23H2,1H3,(H,31,34). The molecule has 1 fully saturated rings. The number of nitrogens with one attached hydrogen (secondary N) is 1. The van der Waals surface area contributed by atoms with Gasteiger partial charge in [0, 0.05) is 26.1 Å². The molecule has 8 heteroatoms. The van der Waals surface area contributed by atoms with Crippen LogP contribution in [0.5, 0.6) is 5.75 Å². The monoisotopic (exact) mass is 540 g/mol. The maximum absolute atomic E-state index is 13.3. The fourth-order valence-electron chi connectivity index (χ4n) is 5.48. The van der Waals surface area contributed by atoms with Crippen LogP contribution in [-0.2, 0) is 32.3 Å². The number of ether oxygens (including phenoxy) is 1. The summed E-state index contributed by atoms with van der Waals surface area (Å²) >= 11 is 0. The van der Waals surface area contributed by atoms with Gasteiger partial charge in [0.25, 0.3) is 0 Å². The Morgan fingerprint density at radius 3 is 2.47 bits per heavy atom. The zero-order valence-corrected chi connectivity index (χ0v) is 23.2. The Morgan fingerprint density at radius 1 is 1.00 bits per heavy atom. The van der Waals surface area contributed by atoms with Crippen molar-refractivity contribution in [2.75, 3.05) is 32.0 Å². The summed E-state index contributed by atoms with van der Waals surface area (Å²) in [5.41, 5.74) is 1.79. The summed E-state index contributed by atoms with van der Waals surface area (Å²) in [6.07, 6.45) is 6.31. The lowest BCUT2D eigenvalue weighted by atomic mass is 9.73. The van der Waals surface area contributed by atoms with Gasteiger partial charge in [-0.15, -0.1) is 0 Å². The van der Waals surface area contributed by atoms with Crippen LogP contribution in [0, 0.1) is 5.41 Å². The second-order valence-electron chi connectivity index (χ2n) is 10.5. The Balaban J connectivity index is 1.33. The molecule has 2 aromatic rings. The molecular formula is C30H40N2O5S. The molecular weight excluding hydrogens is 500 g/mol. The van der Waals surface area contributed by atoms with Crippen LogP contribution in [0.4, 0.5) is 0 Å². The van der Waals surface area contributed by atoms with Crippen LogP contribution in [0.1, 0.15) is 63.0 Å². The zero-order chi connectivity index (χ0) is 27.0. The highest BCUT2D eigenvalue weighted by Gasteiger charge is 2.41. The predicted molar refractivity (Wildman–Crippen MR) is 148 cm³/mol. The number of aryl methyl sites for hydroxylation is 2. The summed E-state index contributed by atoms with van der Waals surface area (Å²) in [6.45, 7) is 4.08. The molecule has 1 spiro atoms. The number of hydrogen-bond acceptors (Lipinski definition) is 5. The molecule has 38 heavy (non-hydrogen) atoms. The second-order valence-corrected chi connectivity index (χ2v) is 12.6. The zero-order valence-electron chi connectivity index (χ0n) is 22.4. The normalized spacial score (nSPS) is 18.8. The highest BCUT2D eigenvalue weighted by Crippen LogP contribution is 2.38. The van der Waals surface area contributed by atoms with E-state index in [-0.39, 0.29) is 28.9 Å². The van der Waals surface area contributed by atoms with E-state index in [1.54, 1.807) is 17.0 Å². The van der Waals surface area contributed by atoms with Gasteiger partial charge in [0.2, 0.25) is 11.8 Å². The molecule has 1 saturated heterocycles. The van der Waals surface area contributed by atoms with Crippen molar-refractivity contribution in [2.24, 2.45) is 5.41 Å². The maximum Gasteiger partial charge on any atom is 0.226 e. The van der Waals surface area contributed by atoms with Gasteiger partial charge in [-0.2, -0.15) is 0 Å². The van der Waals surface area contributed by atoms with Gasteiger partial charge in [-0.25, -0.2) is 8.42 Å². The first-order chi connectivity index (χ1) is 18.3. The Kier molecular flexibility index (Phi) is 9.47. The number of rotatable bonds is 5. The summed E-state index contributed by atoms with van der Waals surface area (Å²) in [6, 6.07) is 15.0. The van der Waals surface area contributed by atoms with Gasteiger partial charge in [0.15, 0.2) is 9.84 Å². The Hall–Kier alpha value is -2.87. The highest BCUT2D eigenvalue weighted by molar-refractivity contribution is 7.91. The van der Waals surface area contributed by atoms with Crippen molar-refractivity contribution in [3.8, 4) is 5.75 Å². The molecule has 0 aromatic heterocycles. The molecule has 0 bridgehead atoms. The summed E-state index contributed by atoms with van der Waals surface area (Å²) in [5.74, 6) is 0.634. The van der Waals surface area contributed by atoms with Gasteiger partial charge in [0.1, 0.15) is 5.75 Å². The average molecular weight is 541 g/mol. The van der Waals surface area contributed by atoms with E-state index in [9.17, 15) is 18.0 Å². The lowest BCUT2D eigenvalue weighted by molar-refractivity contribution is -0.141. The van der Waals surface area contributed by atoms with Crippen LogP contribution in [0.15, 0.2) is 53.4 Å². The minimum absolute atomic E-state index is 0.0452. The van der Waals surface area contributed by atoms with E-state index in [1.807, 2.05) is 37.3 Å². The number of fused-ring (bicyclic) bond motifs is 1. The molecule has 0 radical (unpaired) electrons. The number of nitrogens with zero attached hydrogens (tertiary/aromatic N) is 1. The summed E-state index contributed by atoms with van der Waals surface area (Å²) in [7, 11) is -3.52. The van der Waals surface area contributed by atoms with Gasteiger partial charge in [-0.3, -0.25) is 9.59 Å². The van der Waals surface area contributed by atoms with Gasteiger partial charge in [0.05, 0.1) is 22.7 Å². The largest absolute Gasteiger partial charge is 0.493 e. The molecule has 1 N–H and O–H groups in total. The van der Waals surface area contributed by atoms with E-state index in [1.165, 1.54) is 5.56 Å². The number of hydrogen-bond donors (Lipinski definition) is 1. The number of carbonyl (C=O) groups excluding carboxylic acids is 2. The van der Waals surface area contributed by atoms with Gasteiger partial charge in [-0.05, 0) is 74.3 Å². The number of carbonyl (C=O) groups is 2. The summed E-state index contributed by atoms with van der Waals surface area (Å²) in [4.78, 5) is 28.2. The van der Waals surface area contributed by atoms with Crippen LogP contribution in [-0.4, -0.2) is 57.1 Å². The molecule has 2 heterocycles. The first kappa shape index (κ1) is 28.1. The van der Waals surface area contributed by atoms with E-state index < -0.39 is 15.3 Å². The first-order valence-corrected chi connectivity index (χ1v) is 15.6. The van der Waals surface area contributed by atoms with Gasteiger partial charge < -0.3 is 15.0 Å². The molecule has 0 aliphatic carbocycles. The van der Waals surface area contributed by atoms with Gasteiger partial charge >= 0.3 is 0 Å². The quantitative estimate of drug-likeness (QED) is 0.609. The van der Waals surface area contributed by atoms with Crippen molar-refractivity contribution in [3.05, 3.63) is 59.7 Å². The molecule has 0 atom stereocenters. The fourth-order valence-corrected chi connectivity index (χ4v) is 6.71. The van der Waals surface area contributed by atoms with Crippen molar-refractivity contribution >= 4 is 21.7 Å². The van der Waals surface area contributed by atoms with Crippen LogP contribution in [0.25, 0.3) is 0 Å². The second kappa shape index (κ2) is 12.8. The lowest BCUT2D eigenvalue weighted by Gasteiger charge is -2.41. The molecule has 0 unspecified atom stereocenters. The Labute approximate surface area is 226 Å². The average Bonchev–Trinajstić information content (AvgIpc) is 2.95. The van der Waals surface area contributed by atoms with E-state index >= 15 is 0 Å². The van der Waals surface area contributed by atoms with Crippen LogP contribution in [0.3, 0.4) is 0 Å². The van der Waals surface area contributed by atoms with Crippen molar-refractivity contribution in [3.63, 3.8) is 0 Å². The van der Waals surface area contributed by atoms with E-state index in [0.717, 1.165) is 49.8 Å². The molecule has 0 saturated carbocycles. The van der Waals surface area contributed by atoms with Crippen molar-refractivity contribution in [2.45, 2.75) is 69.6 Å². The smallest absolute Gasteiger partial charge is 0.226 e. The number of likely N-dealkylation sites (tertiary alicyclic amines) is 1. The molecule has 2 amide bonds. The van der Waals surface area contributed by atoms with Gasteiger partial charge in [-0.1, -0.05) is 43.7 Å². The molecule has 4 rings (SSSR count). The fraction of sp³-hybridized carbons (Fsp3) is 0.533. The maximum atomic E-state index is 13.3. The van der Waals surface area contributed by atoms with Crippen molar-refractivity contribution < 1.29 is 22.7 Å². The van der Waals surface area contributed by atoms with Crippen molar-refractivity contribution in [1.82, 2.24) is 10.2 Å². The van der Waals surface area contributed by atoms with Crippen LogP contribution in [0.2, 0.25) is 0 Å². The number of benzene rings is 2. The van der Waals surface area contributed by atoms with E-state index in [0.29, 0.717) is 39.1 Å².